The van der Waals surface area contributed by atoms with E-state index < -0.39 is 66.1 Å². The van der Waals surface area contributed by atoms with Crippen molar-refractivity contribution in [1.82, 2.24) is 16.0 Å². The van der Waals surface area contributed by atoms with Crippen molar-refractivity contribution in [1.29, 1.82) is 0 Å². The maximum atomic E-state index is 12.6. The summed E-state index contributed by atoms with van der Waals surface area (Å²) in [6.45, 7) is 6.84. The molecule has 0 aliphatic carbocycles. The molecule has 172 valence electrons. The first-order chi connectivity index (χ1) is 13.8. The van der Waals surface area contributed by atoms with Gasteiger partial charge in [0.1, 0.15) is 18.1 Å². The SMILES string of the molecule is CCC(C)C(N)C(=O)NC(CS)C(=O)NC(CC(N)=O)C(=O)NC(C(=O)O)C(C)C. The van der Waals surface area contributed by atoms with Crippen molar-refractivity contribution < 1.29 is 29.1 Å². The van der Waals surface area contributed by atoms with E-state index in [9.17, 15) is 29.1 Å². The number of thiol groups is 1. The molecule has 12 heteroatoms. The maximum Gasteiger partial charge on any atom is 0.326 e. The van der Waals surface area contributed by atoms with Crippen LogP contribution in [-0.4, -0.2) is 64.6 Å². The average molecular weight is 448 g/mol. The number of nitrogens with two attached hydrogens (primary N) is 2. The lowest BCUT2D eigenvalue weighted by Gasteiger charge is -2.25. The number of aliphatic carboxylic acids is 1. The molecule has 0 aliphatic rings. The van der Waals surface area contributed by atoms with E-state index in [-0.39, 0.29) is 11.7 Å². The molecule has 0 bridgehead atoms. The molecule has 30 heavy (non-hydrogen) atoms. The third-order valence-electron chi connectivity index (χ3n) is 4.64. The highest BCUT2D eigenvalue weighted by Crippen LogP contribution is 2.07. The van der Waals surface area contributed by atoms with E-state index in [1.54, 1.807) is 20.8 Å². The Morgan fingerprint density at radius 2 is 1.43 bits per heavy atom. The number of nitrogens with one attached hydrogen (secondary N) is 3. The predicted molar refractivity (Wildman–Crippen MR) is 113 cm³/mol. The number of carboxylic acids is 1. The molecule has 0 heterocycles. The Bertz CT molecular complexity index is 645. The van der Waals surface area contributed by atoms with Crippen molar-refractivity contribution in [2.45, 2.75) is 64.7 Å². The van der Waals surface area contributed by atoms with Gasteiger partial charge in [-0.25, -0.2) is 4.79 Å². The van der Waals surface area contributed by atoms with Gasteiger partial charge in [-0.2, -0.15) is 12.6 Å². The fourth-order valence-corrected chi connectivity index (χ4v) is 2.68. The molecule has 0 spiro atoms. The summed E-state index contributed by atoms with van der Waals surface area (Å²) >= 11 is 4.04. The van der Waals surface area contributed by atoms with Crippen LogP contribution in [0.15, 0.2) is 0 Å². The van der Waals surface area contributed by atoms with Gasteiger partial charge in [-0.05, 0) is 11.8 Å². The van der Waals surface area contributed by atoms with Crippen LogP contribution in [0.3, 0.4) is 0 Å². The van der Waals surface area contributed by atoms with Gasteiger partial charge in [0.15, 0.2) is 0 Å². The second kappa shape index (κ2) is 13.1. The van der Waals surface area contributed by atoms with Gasteiger partial charge in [0.05, 0.1) is 12.5 Å². The smallest absolute Gasteiger partial charge is 0.326 e. The number of hydrogen-bond acceptors (Lipinski definition) is 7. The van der Waals surface area contributed by atoms with Crippen molar-refractivity contribution in [3.05, 3.63) is 0 Å². The fraction of sp³-hybridized carbons (Fsp3) is 0.722. The Morgan fingerprint density at radius 1 is 0.933 bits per heavy atom. The highest BCUT2D eigenvalue weighted by Gasteiger charge is 2.32. The summed E-state index contributed by atoms with van der Waals surface area (Å²) < 4.78 is 0. The molecular weight excluding hydrogens is 414 g/mol. The summed E-state index contributed by atoms with van der Waals surface area (Å²) in [6.07, 6.45) is 0.107. The number of hydrogen-bond donors (Lipinski definition) is 7. The van der Waals surface area contributed by atoms with Crippen molar-refractivity contribution >= 4 is 42.2 Å². The molecule has 11 nitrogen and oxygen atoms in total. The summed E-state index contributed by atoms with van der Waals surface area (Å²) in [7, 11) is 0. The topological polar surface area (TPSA) is 194 Å². The molecule has 0 aromatic carbocycles. The fourth-order valence-electron chi connectivity index (χ4n) is 2.42. The Kier molecular flexibility index (Phi) is 12.0. The van der Waals surface area contributed by atoms with Crippen LogP contribution in [0.5, 0.6) is 0 Å². The lowest BCUT2D eigenvalue weighted by Crippen LogP contribution is -2.59. The molecule has 0 saturated carbocycles. The van der Waals surface area contributed by atoms with Crippen molar-refractivity contribution in [3.63, 3.8) is 0 Å². The third kappa shape index (κ3) is 8.99. The Balaban J connectivity index is 5.31. The van der Waals surface area contributed by atoms with Crippen LogP contribution in [0.1, 0.15) is 40.5 Å². The van der Waals surface area contributed by atoms with E-state index in [4.69, 9.17) is 11.5 Å². The first-order valence-electron chi connectivity index (χ1n) is 9.64. The first-order valence-corrected chi connectivity index (χ1v) is 10.3. The van der Waals surface area contributed by atoms with Crippen LogP contribution in [0.2, 0.25) is 0 Å². The zero-order valence-electron chi connectivity index (χ0n) is 17.7. The van der Waals surface area contributed by atoms with Crippen molar-refractivity contribution in [2.24, 2.45) is 23.3 Å². The Hall–Kier alpha value is -2.34. The van der Waals surface area contributed by atoms with Gasteiger partial charge in [-0.1, -0.05) is 34.1 Å². The third-order valence-corrected chi connectivity index (χ3v) is 5.01. The lowest BCUT2D eigenvalue weighted by molar-refractivity contribution is -0.143. The molecular formula is C18H33N5O6S. The van der Waals surface area contributed by atoms with Crippen LogP contribution in [0, 0.1) is 11.8 Å². The molecule has 0 saturated heterocycles. The monoisotopic (exact) mass is 447 g/mol. The van der Waals surface area contributed by atoms with Crippen LogP contribution in [0.4, 0.5) is 0 Å². The predicted octanol–water partition coefficient (Wildman–Crippen LogP) is -1.64. The van der Waals surface area contributed by atoms with E-state index in [1.807, 2.05) is 6.92 Å². The lowest BCUT2D eigenvalue weighted by atomic mass is 9.99. The number of amides is 4. The van der Waals surface area contributed by atoms with E-state index in [2.05, 4.69) is 28.6 Å². The molecule has 8 N–H and O–H groups in total. The van der Waals surface area contributed by atoms with Crippen LogP contribution >= 0.6 is 12.6 Å². The van der Waals surface area contributed by atoms with Gasteiger partial charge in [-0.15, -0.1) is 0 Å². The molecule has 0 rings (SSSR count). The molecule has 0 aliphatic heterocycles. The molecule has 0 radical (unpaired) electrons. The summed E-state index contributed by atoms with van der Waals surface area (Å²) in [6, 6.07) is -4.60. The summed E-state index contributed by atoms with van der Waals surface area (Å²) in [5.74, 6) is -5.02. The standard InChI is InChI=1S/C18H33N5O6S/c1-5-9(4)13(20)17(27)22-11(7-30)16(26)21-10(6-12(19)24)15(25)23-14(8(2)3)18(28)29/h8-11,13-14,30H,5-7,20H2,1-4H3,(H2,19,24)(H,21,26)(H,22,27)(H,23,25)(H,28,29). The first kappa shape index (κ1) is 27.7. The minimum absolute atomic E-state index is 0.0978. The molecule has 5 atom stereocenters. The summed E-state index contributed by atoms with van der Waals surface area (Å²) in [4.78, 5) is 59.9. The van der Waals surface area contributed by atoms with Crippen LogP contribution < -0.4 is 27.4 Å². The summed E-state index contributed by atoms with van der Waals surface area (Å²) in [5, 5.41) is 16.3. The quantitative estimate of drug-likeness (QED) is 0.164. The zero-order valence-corrected chi connectivity index (χ0v) is 18.6. The Labute approximate surface area is 181 Å². The number of carboxylic acid groups (broad SMARTS) is 1. The second-order valence-corrected chi connectivity index (χ2v) is 7.82. The molecule has 0 aromatic heterocycles. The number of carbonyl (C=O) groups is 5. The molecule has 4 amide bonds. The van der Waals surface area contributed by atoms with Gasteiger partial charge in [0, 0.05) is 5.75 Å². The number of rotatable bonds is 13. The minimum atomic E-state index is -1.42. The number of primary amides is 1. The van der Waals surface area contributed by atoms with Crippen molar-refractivity contribution in [3.8, 4) is 0 Å². The van der Waals surface area contributed by atoms with Crippen LogP contribution in [-0.2, 0) is 24.0 Å². The summed E-state index contributed by atoms with van der Waals surface area (Å²) in [5.41, 5.74) is 11.0. The average Bonchev–Trinajstić information content (AvgIpc) is 2.66. The highest BCUT2D eigenvalue weighted by molar-refractivity contribution is 7.80. The van der Waals surface area contributed by atoms with E-state index >= 15 is 0 Å². The maximum absolute atomic E-state index is 12.6. The molecule has 0 aromatic rings. The van der Waals surface area contributed by atoms with Gasteiger partial charge in [-0.3, -0.25) is 19.2 Å². The van der Waals surface area contributed by atoms with Crippen molar-refractivity contribution in [2.75, 3.05) is 5.75 Å². The van der Waals surface area contributed by atoms with E-state index in [0.29, 0.717) is 6.42 Å². The van der Waals surface area contributed by atoms with Gasteiger partial charge in [0.25, 0.3) is 0 Å². The van der Waals surface area contributed by atoms with E-state index in [1.165, 1.54) is 0 Å². The minimum Gasteiger partial charge on any atom is -0.480 e. The highest BCUT2D eigenvalue weighted by atomic mass is 32.1. The second-order valence-electron chi connectivity index (χ2n) is 7.46. The van der Waals surface area contributed by atoms with E-state index in [0.717, 1.165) is 0 Å². The zero-order chi connectivity index (χ0) is 23.6. The number of carbonyl (C=O) groups excluding carboxylic acids is 4. The van der Waals surface area contributed by atoms with Gasteiger partial charge < -0.3 is 32.5 Å². The molecule has 5 unspecified atom stereocenters. The van der Waals surface area contributed by atoms with Gasteiger partial charge >= 0.3 is 5.97 Å². The van der Waals surface area contributed by atoms with Crippen LogP contribution in [0.25, 0.3) is 0 Å². The van der Waals surface area contributed by atoms with Gasteiger partial charge in [0.2, 0.25) is 23.6 Å². The normalized spacial score (nSPS) is 16.0. The molecule has 0 fully saturated rings. The largest absolute Gasteiger partial charge is 0.480 e. The Morgan fingerprint density at radius 3 is 1.83 bits per heavy atom.